The molecule has 2 aliphatic carbocycles. The molecule has 0 radical (unpaired) electrons. The van der Waals surface area contributed by atoms with Crippen LogP contribution in [-0.4, -0.2) is 37.7 Å². The van der Waals surface area contributed by atoms with Crippen molar-refractivity contribution in [2.75, 3.05) is 0 Å². The minimum atomic E-state index is -0.319. The topological polar surface area (TPSA) is 132 Å². The highest BCUT2D eigenvalue weighted by Gasteiger charge is 2.25. The second kappa shape index (κ2) is 9.66. The first kappa shape index (κ1) is 22.7. The zero-order chi connectivity index (χ0) is 24.4. The van der Waals surface area contributed by atoms with E-state index in [0.717, 1.165) is 42.6 Å². The fourth-order valence-corrected chi connectivity index (χ4v) is 4.73. The summed E-state index contributed by atoms with van der Waals surface area (Å²) in [6.45, 7) is 0.224. The van der Waals surface area contributed by atoms with Gasteiger partial charge in [0, 0.05) is 43.5 Å². The van der Waals surface area contributed by atoms with Gasteiger partial charge in [-0.25, -0.2) is 15.0 Å². The van der Waals surface area contributed by atoms with E-state index in [9.17, 15) is 10.1 Å². The van der Waals surface area contributed by atoms with Crippen molar-refractivity contribution in [2.24, 2.45) is 7.05 Å². The molecule has 0 saturated heterocycles. The highest BCUT2D eigenvalue weighted by atomic mass is 16.1. The molecule has 178 valence electrons. The normalized spacial score (nSPS) is 16.3. The number of allylic oxidation sites excluding steroid dienone is 1. The van der Waals surface area contributed by atoms with Crippen molar-refractivity contribution in [3.63, 3.8) is 0 Å². The first-order valence-corrected chi connectivity index (χ1v) is 12.0. The van der Waals surface area contributed by atoms with Gasteiger partial charge in [-0.15, -0.1) is 0 Å². The van der Waals surface area contributed by atoms with Crippen molar-refractivity contribution in [1.82, 2.24) is 30.2 Å². The highest BCUT2D eigenvalue weighted by molar-refractivity contribution is 6.08. The summed E-state index contributed by atoms with van der Waals surface area (Å²) in [6.07, 6.45) is 11.3. The number of nitriles is 1. The van der Waals surface area contributed by atoms with Gasteiger partial charge in [0.25, 0.3) is 5.91 Å². The Morgan fingerprint density at radius 3 is 2.74 bits per heavy atom. The number of carbonyl (C=O) groups is 1. The van der Waals surface area contributed by atoms with Gasteiger partial charge in [0.05, 0.1) is 11.6 Å². The van der Waals surface area contributed by atoms with Crippen molar-refractivity contribution in [2.45, 2.75) is 57.0 Å². The van der Waals surface area contributed by atoms with Gasteiger partial charge >= 0.3 is 0 Å². The number of amides is 1. The van der Waals surface area contributed by atoms with Crippen LogP contribution in [0.25, 0.3) is 16.7 Å². The fraction of sp³-hybridized carbons (Fsp3) is 0.385. The molecule has 3 aromatic rings. The number of hydrogen-bond donors (Lipinski definition) is 3. The number of imidazole rings is 1. The maximum absolute atomic E-state index is 13.2. The molecular formula is C26H28N8O. The second-order valence-corrected chi connectivity index (χ2v) is 9.30. The van der Waals surface area contributed by atoms with Crippen LogP contribution in [0, 0.1) is 16.7 Å². The zero-order valence-corrected chi connectivity index (χ0v) is 19.7. The van der Waals surface area contributed by atoms with Gasteiger partial charge < -0.3 is 20.6 Å². The van der Waals surface area contributed by atoms with Crippen LogP contribution >= 0.6 is 0 Å². The number of aromatic nitrogens is 4. The number of aryl methyl sites for hydroxylation is 1. The van der Waals surface area contributed by atoms with E-state index in [4.69, 9.17) is 10.4 Å². The predicted molar refractivity (Wildman–Crippen MR) is 133 cm³/mol. The summed E-state index contributed by atoms with van der Waals surface area (Å²) >= 11 is 0. The standard InChI is InChI=1S/C26H28N8O/c1-34-23-22(31-15-32-24(23)33-25(34)18-4-2-3-5-18)26(35)30-13-17-8-16(11-27)9-19(10-17)20(12-28)14-29-21-6-7-21/h8-10,12,14-15,18,21,28-29H,2-7,13H2,1H3,(H,30,35)/b20-14+,28-12?. The number of fused-ring (bicyclic) bond motifs is 1. The van der Waals surface area contributed by atoms with Crippen LogP contribution in [0.4, 0.5) is 0 Å². The van der Waals surface area contributed by atoms with Gasteiger partial charge in [-0.3, -0.25) is 4.79 Å². The van der Waals surface area contributed by atoms with E-state index < -0.39 is 0 Å². The molecule has 0 bridgehead atoms. The lowest BCUT2D eigenvalue weighted by atomic mass is 10.0. The van der Waals surface area contributed by atoms with Gasteiger partial charge in [-0.05, 0) is 55.0 Å². The fourth-order valence-electron chi connectivity index (χ4n) is 4.73. The molecule has 3 N–H and O–H groups in total. The molecule has 9 nitrogen and oxygen atoms in total. The van der Waals surface area contributed by atoms with Gasteiger partial charge in [0.15, 0.2) is 11.3 Å². The molecule has 5 rings (SSSR count). The third-order valence-electron chi connectivity index (χ3n) is 6.75. The third-order valence-corrected chi connectivity index (χ3v) is 6.75. The lowest BCUT2D eigenvalue weighted by Gasteiger charge is -2.11. The van der Waals surface area contributed by atoms with Gasteiger partial charge in [-0.1, -0.05) is 12.8 Å². The summed E-state index contributed by atoms with van der Waals surface area (Å²) in [6, 6.07) is 8.04. The maximum atomic E-state index is 13.2. The summed E-state index contributed by atoms with van der Waals surface area (Å²) in [5.41, 5.74) is 4.16. The van der Waals surface area contributed by atoms with Crippen LogP contribution < -0.4 is 10.6 Å². The Hall–Kier alpha value is -4.06. The Bertz CT molecular complexity index is 1360. The molecule has 2 aliphatic rings. The molecule has 0 atom stereocenters. The van der Waals surface area contributed by atoms with E-state index >= 15 is 0 Å². The van der Waals surface area contributed by atoms with Gasteiger partial charge in [0.1, 0.15) is 17.7 Å². The summed E-state index contributed by atoms with van der Waals surface area (Å²) in [4.78, 5) is 26.5. The average Bonchev–Trinajstić information content (AvgIpc) is 3.42. The highest BCUT2D eigenvalue weighted by Crippen LogP contribution is 2.34. The zero-order valence-electron chi connectivity index (χ0n) is 19.7. The molecule has 1 amide bonds. The van der Waals surface area contributed by atoms with E-state index in [1.165, 1.54) is 25.4 Å². The maximum Gasteiger partial charge on any atom is 0.272 e. The molecule has 2 fully saturated rings. The summed E-state index contributed by atoms with van der Waals surface area (Å²) in [5, 5.41) is 23.5. The van der Waals surface area contributed by atoms with Crippen LogP contribution in [0.1, 0.15) is 77.4 Å². The largest absolute Gasteiger partial charge is 0.388 e. The van der Waals surface area contributed by atoms with Crippen molar-refractivity contribution >= 4 is 28.9 Å². The third kappa shape index (κ3) is 4.78. The van der Waals surface area contributed by atoms with E-state index in [-0.39, 0.29) is 12.5 Å². The van der Waals surface area contributed by atoms with E-state index in [2.05, 4.69) is 26.7 Å². The van der Waals surface area contributed by atoms with Crippen LogP contribution in [-0.2, 0) is 13.6 Å². The number of benzene rings is 1. The molecule has 0 aliphatic heterocycles. The summed E-state index contributed by atoms with van der Waals surface area (Å²) in [5.74, 6) is 1.03. The molecule has 2 aromatic heterocycles. The Kier molecular flexibility index (Phi) is 6.27. The van der Waals surface area contributed by atoms with Crippen LogP contribution in [0.5, 0.6) is 0 Å². The molecule has 9 heteroatoms. The molecule has 2 saturated carbocycles. The van der Waals surface area contributed by atoms with E-state index in [1.807, 2.05) is 23.9 Å². The quantitative estimate of drug-likeness (QED) is 0.433. The smallest absolute Gasteiger partial charge is 0.272 e. The molecule has 0 unspecified atom stereocenters. The Labute approximate surface area is 203 Å². The molecular weight excluding hydrogens is 440 g/mol. The predicted octanol–water partition coefficient (Wildman–Crippen LogP) is 3.57. The lowest BCUT2D eigenvalue weighted by molar-refractivity contribution is 0.0947. The Morgan fingerprint density at radius 1 is 1.23 bits per heavy atom. The summed E-state index contributed by atoms with van der Waals surface area (Å²) in [7, 11) is 1.92. The van der Waals surface area contributed by atoms with Crippen LogP contribution in [0.3, 0.4) is 0 Å². The molecule has 35 heavy (non-hydrogen) atoms. The molecule has 1 aromatic carbocycles. The number of rotatable bonds is 8. The SMILES string of the molecule is Cn1c(C2CCCC2)nc2ncnc(C(=O)NCc3cc(C#N)cc(/C(C=N)=C/NC4CC4)c3)c21. The van der Waals surface area contributed by atoms with Crippen molar-refractivity contribution in [3.8, 4) is 6.07 Å². The first-order valence-electron chi connectivity index (χ1n) is 12.0. The summed E-state index contributed by atoms with van der Waals surface area (Å²) < 4.78 is 1.96. The first-order chi connectivity index (χ1) is 17.1. The minimum Gasteiger partial charge on any atom is -0.388 e. The van der Waals surface area contributed by atoms with Crippen molar-refractivity contribution < 1.29 is 4.79 Å². The van der Waals surface area contributed by atoms with Gasteiger partial charge in [-0.2, -0.15) is 5.26 Å². The number of hydrogen-bond acceptors (Lipinski definition) is 7. The van der Waals surface area contributed by atoms with E-state index in [1.54, 1.807) is 12.1 Å². The number of carbonyl (C=O) groups excluding carboxylic acids is 1. The Morgan fingerprint density at radius 2 is 2.03 bits per heavy atom. The van der Waals surface area contributed by atoms with Crippen molar-refractivity contribution in [3.05, 3.63) is 58.9 Å². The van der Waals surface area contributed by atoms with Gasteiger partial charge in [0.2, 0.25) is 0 Å². The number of nitrogens with zero attached hydrogens (tertiary/aromatic N) is 5. The van der Waals surface area contributed by atoms with Crippen LogP contribution in [0.15, 0.2) is 30.7 Å². The lowest BCUT2D eigenvalue weighted by Crippen LogP contribution is -2.25. The minimum absolute atomic E-state index is 0.224. The van der Waals surface area contributed by atoms with Crippen molar-refractivity contribution in [1.29, 1.82) is 10.7 Å². The van der Waals surface area contributed by atoms with Crippen LogP contribution in [0.2, 0.25) is 0 Å². The number of nitrogens with one attached hydrogen (secondary N) is 3. The Balaban J connectivity index is 1.38. The van der Waals surface area contributed by atoms with E-state index in [0.29, 0.717) is 40.0 Å². The average molecular weight is 469 g/mol. The second-order valence-electron chi connectivity index (χ2n) is 9.30. The molecule has 2 heterocycles. The molecule has 0 spiro atoms. The monoisotopic (exact) mass is 468 g/mol.